The quantitative estimate of drug-likeness (QED) is 0.643. The number of carbonyl (C=O) groups excluding carboxylic acids is 1. The van der Waals surface area contributed by atoms with Gasteiger partial charge in [-0.15, -0.1) is 0 Å². The maximum atomic E-state index is 11.6. The van der Waals surface area contributed by atoms with Crippen molar-refractivity contribution in [1.82, 2.24) is 0 Å². The van der Waals surface area contributed by atoms with Gasteiger partial charge in [0.25, 0.3) is 0 Å². The van der Waals surface area contributed by atoms with Gasteiger partial charge in [0.15, 0.2) is 5.78 Å². The fraction of sp³-hybridized carbons (Fsp3) is 0.417. The van der Waals surface area contributed by atoms with E-state index >= 15 is 0 Å². The van der Waals surface area contributed by atoms with Crippen LogP contribution in [0.2, 0.25) is 0 Å². The van der Waals surface area contributed by atoms with Crippen LogP contribution in [0.25, 0.3) is 0 Å². The van der Waals surface area contributed by atoms with Crippen molar-refractivity contribution in [3.63, 3.8) is 0 Å². The summed E-state index contributed by atoms with van der Waals surface area (Å²) in [5.41, 5.74) is 2.22. The number of ketones is 1. The second-order valence-corrected chi connectivity index (χ2v) is 3.64. The average molecular weight is 174 g/mol. The minimum atomic E-state index is 0.280. The van der Waals surface area contributed by atoms with Gasteiger partial charge in [-0.2, -0.15) is 0 Å². The van der Waals surface area contributed by atoms with E-state index in [1.807, 2.05) is 25.1 Å². The molecular formula is C12H14O. The monoisotopic (exact) mass is 174 g/mol. The van der Waals surface area contributed by atoms with Gasteiger partial charge in [-0.05, 0) is 24.3 Å². The van der Waals surface area contributed by atoms with Crippen molar-refractivity contribution in [2.24, 2.45) is 0 Å². The third-order valence-electron chi connectivity index (χ3n) is 2.60. The number of rotatable bonds is 3. The van der Waals surface area contributed by atoms with Crippen LogP contribution >= 0.6 is 0 Å². The molecule has 1 saturated carbocycles. The molecule has 0 heterocycles. The summed E-state index contributed by atoms with van der Waals surface area (Å²) >= 11 is 0. The Kier molecular flexibility index (Phi) is 2.17. The van der Waals surface area contributed by atoms with Crippen LogP contribution in [-0.4, -0.2) is 5.78 Å². The lowest BCUT2D eigenvalue weighted by molar-refractivity contribution is 0.0987. The first-order chi connectivity index (χ1) is 6.33. The molecule has 1 heteroatoms. The summed E-state index contributed by atoms with van der Waals surface area (Å²) < 4.78 is 0. The Hall–Kier alpha value is -1.11. The fourth-order valence-electron chi connectivity index (χ4n) is 1.69. The SMILES string of the molecule is CCC(=O)c1ccccc1C1CC1. The number of Topliss-reactive ketones (excluding diaryl/α,β-unsaturated/α-hetero) is 1. The molecule has 0 spiro atoms. The van der Waals surface area contributed by atoms with Crippen LogP contribution in [-0.2, 0) is 0 Å². The second kappa shape index (κ2) is 3.33. The zero-order valence-corrected chi connectivity index (χ0v) is 7.92. The molecule has 1 fully saturated rings. The van der Waals surface area contributed by atoms with Gasteiger partial charge < -0.3 is 0 Å². The fourth-order valence-corrected chi connectivity index (χ4v) is 1.69. The summed E-state index contributed by atoms with van der Waals surface area (Å²) in [6, 6.07) is 8.04. The van der Waals surface area contributed by atoms with Gasteiger partial charge in [0.2, 0.25) is 0 Å². The van der Waals surface area contributed by atoms with Crippen molar-refractivity contribution >= 4 is 5.78 Å². The average Bonchev–Trinajstić information content (AvgIpc) is 3.00. The number of hydrogen-bond acceptors (Lipinski definition) is 1. The number of hydrogen-bond donors (Lipinski definition) is 0. The van der Waals surface area contributed by atoms with Crippen molar-refractivity contribution in [2.45, 2.75) is 32.1 Å². The molecule has 1 nitrogen and oxygen atoms in total. The van der Waals surface area contributed by atoms with Gasteiger partial charge in [-0.25, -0.2) is 0 Å². The van der Waals surface area contributed by atoms with E-state index < -0.39 is 0 Å². The molecular weight excluding hydrogens is 160 g/mol. The summed E-state index contributed by atoms with van der Waals surface area (Å²) in [5, 5.41) is 0. The number of benzene rings is 1. The largest absolute Gasteiger partial charge is 0.294 e. The molecule has 0 unspecified atom stereocenters. The Labute approximate surface area is 78.8 Å². The normalized spacial score (nSPS) is 15.8. The molecule has 2 rings (SSSR count). The Bertz CT molecular complexity index is 324. The van der Waals surface area contributed by atoms with Crippen molar-refractivity contribution in [1.29, 1.82) is 0 Å². The standard InChI is InChI=1S/C12H14O/c1-2-12(13)11-6-4-3-5-10(11)9-7-8-9/h3-6,9H,2,7-8H2,1H3. The first kappa shape index (κ1) is 8.49. The molecule has 0 aliphatic heterocycles. The Morgan fingerprint density at radius 1 is 1.38 bits per heavy atom. The van der Waals surface area contributed by atoms with E-state index in [9.17, 15) is 4.79 Å². The predicted octanol–water partition coefficient (Wildman–Crippen LogP) is 3.16. The minimum absolute atomic E-state index is 0.280. The summed E-state index contributed by atoms with van der Waals surface area (Å²) in [6.45, 7) is 1.92. The molecule has 0 atom stereocenters. The predicted molar refractivity (Wildman–Crippen MR) is 53.0 cm³/mol. The highest BCUT2D eigenvalue weighted by Gasteiger charge is 2.26. The Balaban J connectivity index is 2.36. The third kappa shape index (κ3) is 1.64. The lowest BCUT2D eigenvalue weighted by Gasteiger charge is -2.05. The third-order valence-corrected chi connectivity index (χ3v) is 2.60. The van der Waals surface area contributed by atoms with Crippen molar-refractivity contribution in [2.75, 3.05) is 0 Å². The lowest BCUT2D eigenvalue weighted by Crippen LogP contribution is -2.00. The van der Waals surface area contributed by atoms with Gasteiger partial charge in [-0.1, -0.05) is 31.2 Å². The van der Waals surface area contributed by atoms with E-state index in [0.717, 1.165) is 5.56 Å². The van der Waals surface area contributed by atoms with Gasteiger partial charge in [-0.3, -0.25) is 4.79 Å². The van der Waals surface area contributed by atoms with Gasteiger partial charge in [0.1, 0.15) is 0 Å². The van der Waals surface area contributed by atoms with E-state index in [2.05, 4.69) is 6.07 Å². The molecule has 13 heavy (non-hydrogen) atoms. The summed E-state index contributed by atoms with van der Waals surface area (Å²) in [7, 11) is 0. The maximum absolute atomic E-state index is 11.6. The summed E-state index contributed by atoms with van der Waals surface area (Å²) in [6.07, 6.45) is 3.13. The van der Waals surface area contributed by atoms with Gasteiger partial charge in [0, 0.05) is 12.0 Å². The van der Waals surface area contributed by atoms with E-state index in [0.29, 0.717) is 12.3 Å². The molecule has 0 radical (unpaired) electrons. The van der Waals surface area contributed by atoms with Crippen LogP contribution in [0.3, 0.4) is 0 Å². The molecule has 0 saturated heterocycles. The van der Waals surface area contributed by atoms with Gasteiger partial charge in [0.05, 0.1) is 0 Å². The van der Waals surface area contributed by atoms with Gasteiger partial charge >= 0.3 is 0 Å². The van der Waals surface area contributed by atoms with E-state index in [1.165, 1.54) is 18.4 Å². The van der Waals surface area contributed by atoms with Crippen LogP contribution < -0.4 is 0 Å². The van der Waals surface area contributed by atoms with Crippen LogP contribution in [0.4, 0.5) is 0 Å². The topological polar surface area (TPSA) is 17.1 Å². The molecule has 0 N–H and O–H groups in total. The summed E-state index contributed by atoms with van der Waals surface area (Å²) in [5.74, 6) is 0.953. The highest BCUT2D eigenvalue weighted by Crippen LogP contribution is 2.41. The van der Waals surface area contributed by atoms with Crippen LogP contribution in [0.15, 0.2) is 24.3 Å². The van der Waals surface area contributed by atoms with E-state index in [-0.39, 0.29) is 5.78 Å². The first-order valence-electron chi connectivity index (χ1n) is 4.95. The first-order valence-corrected chi connectivity index (χ1v) is 4.95. The van der Waals surface area contributed by atoms with Crippen molar-refractivity contribution in [3.05, 3.63) is 35.4 Å². The van der Waals surface area contributed by atoms with Crippen LogP contribution in [0.5, 0.6) is 0 Å². The molecule has 1 aliphatic carbocycles. The Morgan fingerprint density at radius 2 is 2.08 bits per heavy atom. The zero-order valence-electron chi connectivity index (χ0n) is 7.92. The van der Waals surface area contributed by atoms with E-state index in [1.54, 1.807) is 0 Å². The minimum Gasteiger partial charge on any atom is -0.294 e. The molecule has 1 aliphatic rings. The smallest absolute Gasteiger partial charge is 0.162 e. The lowest BCUT2D eigenvalue weighted by atomic mass is 9.99. The molecule has 0 amide bonds. The molecule has 0 aromatic heterocycles. The van der Waals surface area contributed by atoms with Crippen molar-refractivity contribution < 1.29 is 4.79 Å². The highest BCUT2D eigenvalue weighted by atomic mass is 16.1. The number of carbonyl (C=O) groups is 1. The molecule has 0 bridgehead atoms. The second-order valence-electron chi connectivity index (χ2n) is 3.64. The van der Waals surface area contributed by atoms with Crippen LogP contribution in [0.1, 0.15) is 48.0 Å². The van der Waals surface area contributed by atoms with Crippen LogP contribution in [0, 0.1) is 0 Å². The van der Waals surface area contributed by atoms with E-state index in [4.69, 9.17) is 0 Å². The zero-order chi connectivity index (χ0) is 9.26. The Morgan fingerprint density at radius 3 is 2.69 bits per heavy atom. The maximum Gasteiger partial charge on any atom is 0.162 e. The highest BCUT2D eigenvalue weighted by molar-refractivity contribution is 5.97. The molecule has 68 valence electrons. The molecule has 1 aromatic carbocycles. The van der Waals surface area contributed by atoms with Crippen molar-refractivity contribution in [3.8, 4) is 0 Å². The molecule has 1 aromatic rings. The summed E-state index contributed by atoms with van der Waals surface area (Å²) in [4.78, 5) is 11.6.